The molecule has 0 bridgehead atoms. The molecule has 2 aliphatic rings. The van der Waals surface area contributed by atoms with E-state index in [2.05, 4.69) is 27.1 Å². The van der Waals surface area contributed by atoms with Gasteiger partial charge < -0.3 is 25.2 Å². The number of carbonyl (C=O) groups excluding carboxylic acids is 2. The SMILES string of the molecule is C=CCNC(=O)CNC1=NCC2CN(C(=O)OC(C)(C)C)CCN12.I. The number of nitrogens with one attached hydrogen (secondary N) is 2. The van der Waals surface area contributed by atoms with Gasteiger partial charge in [0, 0.05) is 26.2 Å². The number of halogens is 1. The Morgan fingerprint density at radius 3 is 2.76 bits per heavy atom. The van der Waals surface area contributed by atoms with Crippen LogP contribution >= 0.6 is 24.0 Å². The quantitative estimate of drug-likeness (QED) is 0.474. The Morgan fingerprint density at radius 2 is 2.12 bits per heavy atom. The highest BCUT2D eigenvalue weighted by atomic mass is 127. The third-order valence-electron chi connectivity index (χ3n) is 3.71. The molecule has 2 amide bonds. The number of aliphatic imine (C=N–C) groups is 1. The van der Waals surface area contributed by atoms with Crippen LogP contribution in [0.4, 0.5) is 4.79 Å². The number of rotatable bonds is 4. The topological polar surface area (TPSA) is 86.3 Å². The van der Waals surface area contributed by atoms with Gasteiger partial charge in [-0.3, -0.25) is 9.79 Å². The van der Waals surface area contributed by atoms with Gasteiger partial charge in [-0.2, -0.15) is 0 Å². The number of fused-ring (bicyclic) bond motifs is 1. The summed E-state index contributed by atoms with van der Waals surface area (Å²) in [4.78, 5) is 32.1. The third-order valence-corrected chi connectivity index (χ3v) is 3.71. The number of piperazine rings is 1. The number of nitrogens with zero attached hydrogens (tertiary/aromatic N) is 3. The van der Waals surface area contributed by atoms with E-state index in [9.17, 15) is 9.59 Å². The highest BCUT2D eigenvalue weighted by Gasteiger charge is 2.36. The molecule has 2 aliphatic heterocycles. The van der Waals surface area contributed by atoms with Gasteiger partial charge >= 0.3 is 6.09 Å². The van der Waals surface area contributed by atoms with Crippen LogP contribution in [0.3, 0.4) is 0 Å². The second-order valence-corrected chi connectivity index (χ2v) is 6.88. The molecule has 1 saturated heterocycles. The minimum Gasteiger partial charge on any atom is -0.444 e. The first kappa shape index (κ1) is 21.5. The lowest BCUT2D eigenvalue weighted by molar-refractivity contribution is -0.119. The fourth-order valence-corrected chi connectivity index (χ4v) is 2.63. The number of guanidine groups is 1. The standard InChI is InChI=1S/C16H27N5O3.HI/c1-5-6-17-13(22)10-19-14-18-9-12-11-20(7-8-21(12)14)15(23)24-16(2,3)4;/h5,12H,1,6-11H2,2-4H3,(H,17,22)(H,18,19);1H. The zero-order chi connectivity index (χ0) is 17.7. The first-order valence-electron chi connectivity index (χ1n) is 8.20. The van der Waals surface area contributed by atoms with E-state index in [0.29, 0.717) is 32.7 Å². The summed E-state index contributed by atoms with van der Waals surface area (Å²) >= 11 is 0. The zero-order valence-corrected chi connectivity index (χ0v) is 17.4. The van der Waals surface area contributed by atoms with Crippen molar-refractivity contribution in [1.29, 1.82) is 0 Å². The van der Waals surface area contributed by atoms with Gasteiger partial charge in [-0.15, -0.1) is 30.6 Å². The summed E-state index contributed by atoms with van der Waals surface area (Å²) in [5.41, 5.74) is -0.494. The van der Waals surface area contributed by atoms with Crippen LogP contribution in [-0.4, -0.2) is 78.7 Å². The van der Waals surface area contributed by atoms with Crippen LogP contribution < -0.4 is 10.6 Å². The fourth-order valence-electron chi connectivity index (χ4n) is 2.63. The summed E-state index contributed by atoms with van der Waals surface area (Å²) in [5.74, 6) is 0.617. The predicted molar refractivity (Wildman–Crippen MR) is 107 cm³/mol. The summed E-state index contributed by atoms with van der Waals surface area (Å²) in [5, 5.41) is 5.78. The molecule has 1 fully saturated rings. The molecule has 2 heterocycles. The largest absolute Gasteiger partial charge is 0.444 e. The molecule has 0 spiro atoms. The van der Waals surface area contributed by atoms with E-state index in [-0.39, 0.29) is 48.6 Å². The van der Waals surface area contributed by atoms with Crippen LogP contribution in [0, 0.1) is 0 Å². The number of hydrogen-bond donors (Lipinski definition) is 2. The minimum atomic E-state index is -0.494. The van der Waals surface area contributed by atoms with Gasteiger partial charge in [0.05, 0.1) is 19.1 Å². The van der Waals surface area contributed by atoms with E-state index >= 15 is 0 Å². The maximum atomic E-state index is 12.2. The van der Waals surface area contributed by atoms with Gasteiger partial charge in [-0.05, 0) is 20.8 Å². The molecule has 0 aromatic rings. The van der Waals surface area contributed by atoms with Gasteiger partial charge in [-0.1, -0.05) is 6.08 Å². The summed E-state index contributed by atoms with van der Waals surface area (Å²) in [6.45, 7) is 12.2. The van der Waals surface area contributed by atoms with E-state index < -0.39 is 5.60 Å². The average molecular weight is 465 g/mol. The van der Waals surface area contributed by atoms with Crippen molar-refractivity contribution in [3.63, 3.8) is 0 Å². The van der Waals surface area contributed by atoms with Crippen LogP contribution in [0.5, 0.6) is 0 Å². The molecule has 1 atom stereocenters. The monoisotopic (exact) mass is 465 g/mol. The van der Waals surface area contributed by atoms with Gasteiger partial charge in [0.25, 0.3) is 0 Å². The smallest absolute Gasteiger partial charge is 0.410 e. The van der Waals surface area contributed by atoms with Crippen molar-refractivity contribution in [3.05, 3.63) is 12.7 Å². The molecule has 1 unspecified atom stereocenters. The van der Waals surface area contributed by atoms with Crippen molar-refractivity contribution in [1.82, 2.24) is 20.4 Å². The Bertz CT molecular complexity index is 532. The van der Waals surface area contributed by atoms with Gasteiger partial charge in [0.2, 0.25) is 5.91 Å². The minimum absolute atomic E-state index is 0. The van der Waals surface area contributed by atoms with Gasteiger partial charge in [0.15, 0.2) is 5.96 Å². The summed E-state index contributed by atoms with van der Waals surface area (Å²) < 4.78 is 5.42. The number of ether oxygens (including phenoxy) is 1. The lowest BCUT2D eigenvalue weighted by atomic mass is 10.2. The summed E-state index contributed by atoms with van der Waals surface area (Å²) in [6.07, 6.45) is 1.35. The summed E-state index contributed by atoms with van der Waals surface area (Å²) in [6, 6.07) is 0.130. The van der Waals surface area contributed by atoms with Crippen LogP contribution in [0.25, 0.3) is 0 Å². The molecule has 8 nitrogen and oxygen atoms in total. The van der Waals surface area contributed by atoms with Crippen LogP contribution in [-0.2, 0) is 9.53 Å². The highest BCUT2D eigenvalue weighted by Crippen LogP contribution is 2.18. The van der Waals surface area contributed by atoms with Crippen molar-refractivity contribution in [3.8, 4) is 0 Å². The zero-order valence-electron chi connectivity index (χ0n) is 15.1. The van der Waals surface area contributed by atoms with Crippen molar-refractivity contribution < 1.29 is 14.3 Å². The Kier molecular flexibility index (Phi) is 7.97. The molecule has 9 heteroatoms. The van der Waals surface area contributed by atoms with Crippen molar-refractivity contribution in [2.75, 3.05) is 39.3 Å². The molecule has 0 aliphatic carbocycles. The lowest BCUT2D eigenvalue weighted by Gasteiger charge is -2.39. The summed E-state index contributed by atoms with van der Waals surface area (Å²) in [7, 11) is 0. The first-order valence-corrected chi connectivity index (χ1v) is 8.20. The van der Waals surface area contributed by atoms with E-state index in [0.717, 1.165) is 5.96 Å². The fraction of sp³-hybridized carbons (Fsp3) is 0.688. The highest BCUT2D eigenvalue weighted by molar-refractivity contribution is 14.0. The van der Waals surface area contributed by atoms with Crippen molar-refractivity contribution in [2.24, 2.45) is 4.99 Å². The molecular formula is C16H28IN5O3. The average Bonchev–Trinajstić information content (AvgIpc) is 2.91. The van der Waals surface area contributed by atoms with E-state index in [1.807, 2.05) is 20.8 Å². The van der Waals surface area contributed by atoms with E-state index in [4.69, 9.17) is 4.74 Å². The van der Waals surface area contributed by atoms with Crippen LogP contribution in [0.1, 0.15) is 20.8 Å². The molecule has 0 radical (unpaired) electrons. The predicted octanol–water partition coefficient (Wildman–Crippen LogP) is 0.787. The third kappa shape index (κ3) is 6.37. The van der Waals surface area contributed by atoms with Crippen LogP contribution in [0.15, 0.2) is 17.6 Å². The van der Waals surface area contributed by atoms with Crippen molar-refractivity contribution >= 4 is 41.9 Å². The lowest BCUT2D eigenvalue weighted by Crippen LogP contribution is -2.58. The molecule has 0 aromatic heterocycles. The molecule has 0 aromatic carbocycles. The number of carbonyl (C=O) groups is 2. The van der Waals surface area contributed by atoms with Crippen LogP contribution in [0.2, 0.25) is 0 Å². The molecule has 142 valence electrons. The maximum Gasteiger partial charge on any atom is 0.410 e. The Labute approximate surface area is 166 Å². The molecule has 2 N–H and O–H groups in total. The second-order valence-electron chi connectivity index (χ2n) is 6.88. The second kappa shape index (κ2) is 9.25. The number of amides is 2. The van der Waals surface area contributed by atoms with Gasteiger partial charge in [0.1, 0.15) is 5.60 Å². The van der Waals surface area contributed by atoms with E-state index in [1.165, 1.54) is 0 Å². The normalized spacial score (nSPS) is 19.3. The van der Waals surface area contributed by atoms with Gasteiger partial charge in [-0.25, -0.2) is 4.79 Å². The van der Waals surface area contributed by atoms with E-state index in [1.54, 1.807) is 11.0 Å². The Balaban J connectivity index is 0.00000312. The molecular weight excluding hydrogens is 437 g/mol. The Hall–Kier alpha value is -1.52. The number of hydrogen-bond acceptors (Lipinski definition) is 6. The first-order chi connectivity index (χ1) is 11.3. The molecule has 0 saturated carbocycles. The van der Waals surface area contributed by atoms with Crippen molar-refractivity contribution in [2.45, 2.75) is 32.4 Å². The Morgan fingerprint density at radius 1 is 1.40 bits per heavy atom. The molecule has 2 rings (SSSR count). The maximum absolute atomic E-state index is 12.2. The molecule has 25 heavy (non-hydrogen) atoms.